The standard InChI is InChI=1S/C17H24FN5O/c1-17(2,24-4)11-22-16(19-3)21-10-13-5-6-15(14(18)9-13)23-8-7-20-12-23/h5-9,12H,10-11H2,1-4H3,(H2,19,21,22). The molecule has 6 nitrogen and oxygen atoms in total. The van der Waals surface area contributed by atoms with E-state index in [-0.39, 0.29) is 11.4 Å². The number of hydrogen-bond donors (Lipinski definition) is 2. The van der Waals surface area contributed by atoms with E-state index in [1.165, 1.54) is 6.07 Å². The summed E-state index contributed by atoms with van der Waals surface area (Å²) in [5.41, 5.74) is 1.00. The first-order chi connectivity index (χ1) is 11.4. The van der Waals surface area contributed by atoms with Crippen LogP contribution >= 0.6 is 0 Å². The number of methoxy groups -OCH3 is 1. The summed E-state index contributed by atoms with van der Waals surface area (Å²) >= 11 is 0. The van der Waals surface area contributed by atoms with Crippen molar-refractivity contribution in [1.82, 2.24) is 20.2 Å². The van der Waals surface area contributed by atoms with E-state index in [0.29, 0.717) is 24.7 Å². The third-order valence-electron chi connectivity index (χ3n) is 3.71. The molecule has 2 aromatic rings. The smallest absolute Gasteiger partial charge is 0.191 e. The summed E-state index contributed by atoms with van der Waals surface area (Å²) in [5.74, 6) is 0.343. The number of imidazole rings is 1. The molecule has 1 aromatic heterocycles. The molecule has 0 aliphatic rings. The van der Waals surface area contributed by atoms with Crippen molar-refractivity contribution in [3.8, 4) is 5.69 Å². The summed E-state index contributed by atoms with van der Waals surface area (Å²) in [6, 6.07) is 5.12. The molecule has 0 unspecified atom stereocenters. The van der Waals surface area contributed by atoms with E-state index in [1.54, 1.807) is 43.5 Å². The zero-order chi connectivity index (χ0) is 17.6. The van der Waals surface area contributed by atoms with E-state index in [0.717, 1.165) is 5.56 Å². The van der Waals surface area contributed by atoms with Crippen LogP contribution in [0.1, 0.15) is 19.4 Å². The predicted molar refractivity (Wildman–Crippen MR) is 92.8 cm³/mol. The Hall–Kier alpha value is -2.41. The molecule has 2 rings (SSSR count). The Bertz CT molecular complexity index is 682. The van der Waals surface area contributed by atoms with E-state index in [9.17, 15) is 4.39 Å². The van der Waals surface area contributed by atoms with E-state index < -0.39 is 0 Å². The van der Waals surface area contributed by atoms with Gasteiger partial charge in [-0.25, -0.2) is 9.37 Å². The average molecular weight is 333 g/mol. The van der Waals surface area contributed by atoms with E-state index in [2.05, 4.69) is 20.6 Å². The molecule has 0 saturated heterocycles. The fourth-order valence-corrected chi connectivity index (χ4v) is 2.05. The Morgan fingerprint density at radius 2 is 2.17 bits per heavy atom. The minimum Gasteiger partial charge on any atom is -0.377 e. The molecule has 2 N–H and O–H groups in total. The fraction of sp³-hybridized carbons (Fsp3) is 0.412. The molecular formula is C17H24FN5O. The largest absolute Gasteiger partial charge is 0.377 e. The summed E-state index contributed by atoms with van der Waals surface area (Å²) in [5, 5.41) is 6.35. The highest BCUT2D eigenvalue weighted by Crippen LogP contribution is 2.14. The first kappa shape index (κ1) is 17.9. The molecule has 0 atom stereocenters. The maximum Gasteiger partial charge on any atom is 0.191 e. The van der Waals surface area contributed by atoms with Gasteiger partial charge in [0.25, 0.3) is 0 Å². The first-order valence-corrected chi connectivity index (χ1v) is 7.71. The van der Waals surface area contributed by atoms with E-state index in [4.69, 9.17) is 4.74 Å². The maximum atomic E-state index is 14.2. The van der Waals surface area contributed by atoms with Gasteiger partial charge in [-0.2, -0.15) is 0 Å². The summed E-state index contributed by atoms with van der Waals surface area (Å²) in [6.07, 6.45) is 4.89. The lowest BCUT2D eigenvalue weighted by Gasteiger charge is -2.24. The van der Waals surface area contributed by atoms with Gasteiger partial charge in [-0.1, -0.05) is 6.07 Å². The average Bonchev–Trinajstić information content (AvgIpc) is 3.09. The van der Waals surface area contributed by atoms with Crippen molar-refractivity contribution in [2.75, 3.05) is 20.7 Å². The Kier molecular flexibility index (Phi) is 5.92. The van der Waals surface area contributed by atoms with Crippen LogP contribution in [0.25, 0.3) is 5.69 Å². The molecule has 1 heterocycles. The number of aliphatic imine (C=N–C) groups is 1. The van der Waals surface area contributed by atoms with Crippen molar-refractivity contribution in [1.29, 1.82) is 0 Å². The van der Waals surface area contributed by atoms with Gasteiger partial charge in [-0.3, -0.25) is 4.99 Å². The molecule has 0 amide bonds. The predicted octanol–water partition coefficient (Wildman–Crippen LogP) is 2.10. The number of ether oxygens (including phenoxy) is 1. The third-order valence-corrected chi connectivity index (χ3v) is 3.71. The Morgan fingerprint density at radius 1 is 1.38 bits per heavy atom. The Balaban J connectivity index is 1.95. The van der Waals surface area contributed by atoms with Crippen LogP contribution in [0, 0.1) is 5.82 Å². The Labute approximate surface area is 141 Å². The molecular weight excluding hydrogens is 309 g/mol. The van der Waals surface area contributed by atoms with Crippen molar-refractivity contribution in [2.24, 2.45) is 4.99 Å². The van der Waals surface area contributed by atoms with E-state index >= 15 is 0 Å². The molecule has 0 saturated carbocycles. The summed E-state index contributed by atoms with van der Waals surface area (Å²) in [7, 11) is 3.36. The second kappa shape index (κ2) is 7.92. The molecule has 7 heteroatoms. The van der Waals surface area contributed by atoms with Crippen LogP contribution in [0.3, 0.4) is 0 Å². The zero-order valence-corrected chi connectivity index (χ0v) is 14.5. The van der Waals surface area contributed by atoms with Gasteiger partial charge in [0.15, 0.2) is 5.96 Å². The summed E-state index contributed by atoms with van der Waals surface area (Å²) in [4.78, 5) is 8.08. The van der Waals surface area contributed by atoms with Crippen molar-refractivity contribution >= 4 is 5.96 Å². The number of hydrogen-bond acceptors (Lipinski definition) is 3. The number of nitrogens with zero attached hydrogens (tertiary/aromatic N) is 3. The van der Waals surface area contributed by atoms with Crippen LogP contribution in [0.5, 0.6) is 0 Å². The number of nitrogens with one attached hydrogen (secondary N) is 2. The van der Waals surface area contributed by atoms with Gasteiger partial charge in [0.1, 0.15) is 5.82 Å². The van der Waals surface area contributed by atoms with Crippen molar-refractivity contribution in [3.05, 3.63) is 48.3 Å². The van der Waals surface area contributed by atoms with Gasteiger partial charge in [0.05, 0.1) is 17.6 Å². The molecule has 0 aliphatic carbocycles. The molecule has 1 aromatic carbocycles. The number of halogens is 1. The quantitative estimate of drug-likeness (QED) is 0.628. The molecule has 0 aliphatic heterocycles. The van der Waals surface area contributed by atoms with Gasteiger partial charge in [-0.05, 0) is 31.5 Å². The lowest BCUT2D eigenvalue weighted by atomic mass is 10.1. The van der Waals surface area contributed by atoms with Crippen LogP contribution in [0.2, 0.25) is 0 Å². The molecule has 0 spiro atoms. The van der Waals surface area contributed by atoms with Crippen molar-refractivity contribution < 1.29 is 9.13 Å². The van der Waals surface area contributed by atoms with Crippen LogP contribution in [-0.4, -0.2) is 41.8 Å². The normalized spacial score (nSPS) is 12.3. The summed E-state index contributed by atoms with van der Waals surface area (Å²) < 4.78 is 21.2. The second-order valence-corrected chi connectivity index (χ2v) is 6.00. The summed E-state index contributed by atoms with van der Waals surface area (Å²) in [6.45, 7) is 5.04. The van der Waals surface area contributed by atoms with Gasteiger partial charge in [0, 0.05) is 39.6 Å². The highest BCUT2D eigenvalue weighted by Gasteiger charge is 2.16. The van der Waals surface area contributed by atoms with Crippen LogP contribution < -0.4 is 10.6 Å². The number of aromatic nitrogens is 2. The van der Waals surface area contributed by atoms with Crippen LogP contribution in [-0.2, 0) is 11.3 Å². The number of guanidine groups is 1. The van der Waals surface area contributed by atoms with Gasteiger partial charge in [-0.15, -0.1) is 0 Å². The molecule has 0 bridgehead atoms. The highest BCUT2D eigenvalue weighted by atomic mass is 19.1. The minimum atomic E-state index is -0.296. The monoisotopic (exact) mass is 333 g/mol. The zero-order valence-electron chi connectivity index (χ0n) is 14.5. The minimum absolute atomic E-state index is 0.295. The highest BCUT2D eigenvalue weighted by molar-refractivity contribution is 5.79. The number of rotatable bonds is 6. The van der Waals surface area contributed by atoms with Gasteiger partial charge < -0.3 is 19.9 Å². The molecule has 0 fully saturated rings. The van der Waals surface area contributed by atoms with Gasteiger partial charge in [0.2, 0.25) is 0 Å². The van der Waals surface area contributed by atoms with Crippen molar-refractivity contribution in [3.63, 3.8) is 0 Å². The van der Waals surface area contributed by atoms with Crippen LogP contribution in [0.4, 0.5) is 4.39 Å². The van der Waals surface area contributed by atoms with Crippen LogP contribution in [0.15, 0.2) is 41.9 Å². The lowest BCUT2D eigenvalue weighted by Crippen LogP contribution is -2.45. The molecule has 0 radical (unpaired) electrons. The van der Waals surface area contributed by atoms with Crippen molar-refractivity contribution in [2.45, 2.75) is 26.0 Å². The molecule has 130 valence electrons. The topological polar surface area (TPSA) is 63.5 Å². The third kappa shape index (κ3) is 4.79. The second-order valence-electron chi connectivity index (χ2n) is 6.00. The SMILES string of the molecule is CN=C(NCc1ccc(-n2ccnc2)c(F)c1)NCC(C)(C)OC. The molecule has 24 heavy (non-hydrogen) atoms. The number of benzene rings is 1. The van der Waals surface area contributed by atoms with E-state index in [1.807, 2.05) is 19.9 Å². The maximum absolute atomic E-state index is 14.2. The lowest BCUT2D eigenvalue weighted by molar-refractivity contribution is 0.0268. The van der Waals surface area contributed by atoms with Gasteiger partial charge >= 0.3 is 0 Å². The Morgan fingerprint density at radius 3 is 2.75 bits per heavy atom. The first-order valence-electron chi connectivity index (χ1n) is 7.71. The fourth-order valence-electron chi connectivity index (χ4n) is 2.05.